The molecule has 2 aliphatic rings. The fraction of sp³-hybridized carbons (Fsp3) is 0.424. The predicted octanol–water partition coefficient (Wildman–Crippen LogP) is 5.25. The van der Waals surface area contributed by atoms with E-state index in [1.165, 1.54) is 0 Å². The molecule has 1 saturated carbocycles. The number of carbonyl (C=O) groups excluding carboxylic acids is 2. The van der Waals surface area contributed by atoms with E-state index in [9.17, 15) is 14.4 Å². The molecule has 2 amide bonds. The topological polar surface area (TPSA) is 112 Å². The monoisotopic (exact) mass is 554 g/mol. The van der Waals surface area contributed by atoms with Gasteiger partial charge in [-0.1, -0.05) is 51.1 Å². The molecule has 41 heavy (non-hydrogen) atoms. The number of nitrogens with one attached hydrogen (secondary N) is 1. The Bertz CT molecular complexity index is 1480. The molecule has 1 aliphatic carbocycles. The second-order valence-corrected chi connectivity index (χ2v) is 12.3. The van der Waals surface area contributed by atoms with Crippen LogP contribution in [0.4, 0.5) is 0 Å². The minimum Gasteiger partial charge on any atom is -0.481 e. The van der Waals surface area contributed by atoms with Crippen molar-refractivity contribution in [2.24, 2.45) is 16.3 Å². The highest BCUT2D eigenvalue weighted by molar-refractivity contribution is 6.47. The fourth-order valence-electron chi connectivity index (χ4n) is 6.11. The van der Waals surface area contributed by atoms with E-state index in [0.717, 1.165) is 47.7 Å². The molecular weight excluding hydrogens is 516 g/mol. The molecule has 5 rings (SSSR count). The van der Waals surface area contributed by atoms with Crippen LogP contribution in [-0.2, 0) is 16.0 Å². The number of aromatic nitrogens is 1. The van der Waals surface area contributed by atoms with Crippen molar-refractivity contribution in [3.63, 3.8) is 0 Å². The molecule has 2 aromatic carbocycles. The zero-order chi connectivity index (χ0) is 29.2. The van der Waals surface area contributed by atoms with Crippen LogP contribution in [0, 0.1) is 11.3 Å². The van der Waals surface area contributed by atoms with Crippen molar-refractivity contribution in [2.45, 2.75) is 65.0 Å². The first kappa shape index (κ1) is 28.5. The molecule has 0 atom stereocenters. The number of amides is 2. The molecule has 2 N–H and O–H groups in total. The van der Waals surface area contributed by atoms with Crippen molar-refractivity contribution in [3.05, 3.63) is 77.5 Å². The molecule has 8 nitrogen and oxygen atoms in total. The van der Waals surface area contributed by atoms with Gasteiger partial charge in [0.15, 0.2) is 0 Å². The lowest BCUT2D eigenvalue weighted by atomic mass is 9.69. The van der Waals surface area contributed by atoms with Crippen LogP contribution >= 0.6 is 0 Å². The van der Waals surface area contributed by atoms with Crippen LogP contribution in [-0.4, -0.2) is 57.2 Å². The zero-order valence-electron chi connectivity index (χ0n) is 24.0. The van der Waals surface area contributed by atoms with Crippen LogP contribution in [0.25, 0.3) is 10.9 Å². The van der Waals surface area contributed by atoms with Gasteiger partial charge in [-0.15, -0.1) is 0 Å². The summed E-state index contributed by atoms with van der Waals surface area (Å²) in [4.78, 5) is 48.8. The van der Waals surface area contributed by atoms with Gasteiger partial charge < -0.3 is 15.3 Å². The summed E-state index contributed by atoms with van der Waals surface area (Å²) in [5.41, 5.74) is 3.29. The molecule has 1 aromatic heterocycles. The lowest BCUT2D eigenvalue weighted by Gasteiger charge is -2.45. The van der Waals surface area contributed by atoms with E-state index in [1.807, 2.05) is 47.4 Å². The van der Waals surface area contributed by atoms with Gasteiger partial charge in [-0.3, -0.25) is 24.4 Å². The van der Waals surface area contributed by atoms with Crippen molar-refractivity contribution in [3.8, 4) is 0 Å². The minimum absolute atomic E-state index is 0.0503. The third-order valence-electron chi connectivity index (χ3n) is 8.61. The van der Waals surface area contributed by atoms with Gasteiger partial charge >= 0.3 is 5.97 Å². The van der Waals surface area contributed by atoms with Gasteiger partial charge in [0.1, 0.15) is 11.4 Å². The van der Waals surface area contributed by atoms with Crippen molar-refractivity contribution in [1.82, 2.24) is 15.2 Å². The van der Waals surface area contributed by atoms with Crippen molar-refractivity contribution in [2.75, 3.05) is 13.1 Å². The Kier molecular flexibility index (Phi) is 7.93. The highest BCUT2D eigenvalue weighted by Crippen LogP contribution is 2.46. The lowest BCUT2D eigenvalue weighted by molar-refractivity contribution is -0.136. The number of para-hydroxylation sites is 1. The Morgan fingerprint density at radius 3 is 2.46 bits per heavy atom. The highest BCUT2D eigenvalue weighted by Gasteiger charge is 2.49. The van der Waals surface area contributed by atoms with E-state index in [4.69, 9.17) is 10.1 Å². The summed E-state index contributed by atoms with van der Waals surface area (Å²) >= 11 is 0. The third kappa shape index (κ3) is 6.16. The van der Waals surface area contributed by atoms with Gasteiger partial charge in [-0.25, -0.2) is 0 Å². The number of rotatable bonds is 8. The van der Waals surface area contributed by atoms with E-state index in [1.54, 1.807) is 18.3 Å². The molecule has 1 fully saturated rings. The van der Waals surface area contributed by atoms with Gasteiger partial charge in [-0.05, 0) is 73.3 Å². The lowest BCUT2D eigenvalue weighted by Crippen LogP contribution is -2.50. The first-order chi connectivity index (χ1) is 19.6. The Morgan fingerprint density at radius 2 is 1.78 bits per heavy atom. The summed E-state index contributed by atoms with van der Waals surface area (Å²) < 4.78 is 0. The number of carboxylic acid groups (broad SMARTS) is 1. The number of hydrogen-bond acceptors (Lipinski definition) is 5. The van der Waals surface area contributed by atoms with Gasteiger partial charge in [0.05, 0.1) is 11.9 Å². The molecule has 8 heteroatoms. The summed E-state index contributed by atoms with van der Waals surface area (Å²) in [5.74, 6) is -0.721. The number of hydrogen-bond donors (Lipinski definition) is 2. The van der Waals surface area contributed by atoms with E-state index in [-0.39, 0.29) is 30.2 Å². The smallest absolute Gasteiger partial charge is 0.305 e. The fourth-order valence-corrected chi connectivity index (χ4v) is 6.11. The summed E-state index contributed by atoms with van der Waals surface area (Å²) in [7, 11) is 0. The molecule has 3 aromatic rings. The van der Waals surface area contributed by atoms with Crippen LogP contribution in [0.5, 0.6) is 0 Å². The number of carbonyl (C=O) groups is 3. The van der Waals surface area contributed by atoms with Gasteiger partial charge in [0.25, 0.3) is 11.8 Å². The molecule has 0 bridgehead atoms. The SMILES string of the molecule is CC(C)(C)C1CCC2(CC1)N=C(c1cnc3ccccc3c1)C(=O)N2CCc1ccc(C(=O)NCCC(=O)O)cc1. The molecule has 0 unspecified atom stereocenters. The van der Waals surface area contributed by atoms with Crippen molar-refractivity contribution < 1.29 is 19.5 Å². The van der Waals surface area contributed by atoms with Crippen LogP contribution in [0.15, 0.2) is 65.8 Å². The number of benzene rings is 2. The van der Waals surface area contributed by atoms with Crippen molar-refractivity contribution in [1.29, 1.82) is 0 Å². The molecule has 1 aliphatic heterocycles. The third-order valence-corrected chi connectivity index (χ3v) is 8.61. The molecule has 0 saturated heterocycles. The average Bonchev–Trinajstić information content (AvgIpc) is 3.21. The van der Waals surface area contributed by atoms with Gasteiger partial charge in [0, 0.05) is 35.8 Å². The summed E-state index contributed by atoms with van der Waals surface area (Å²) in [6.45, 7) is 7.48. The van der Waals surface area contributed by atoms with Crippen LogP contribution < -0.4 is 5.32 Å². The van der Waals surface area contributed by atoms with Crippen molar-refractivity contribution >= 4 is 34.4 Å². The standard InChI is InChI=1S/C33H38N4O4/c1-32(2,3)26-12-16-33(17-13-26)36-29(25-20-24-6-4-5-7-27(24)35-21-25)31(41)37(33)19-15-22-8-10-23(11-9-22)30(40)34-18-14-28(38)39/h4-11,20-21,26H,12-19H2,1-3H3,(H,34,40)(H,38,39). The Labute approximate surface area is 240 Å². The molecular formula is C33H38N4O4. The molecule has 2 heterocycles. The number of aliphatic carboxylic acids is 1. The van der Waals surface area contributed by atoms with E-state index in [2.05, 4.69) is 31.1 Å². The molecule has 0 radical (unpaired) electrons. The summed E-state index contributed by atoms with van der Waals surface area (Å²) in [5, 5.41) is 12.4. The maximum absolute atomic E-state index is 14.0. The maximum Gasteiger partial charge on any atom is 0.305 e. The average molecular weight is 555 g/mol. The molecule has 1 spiro atoms. The molecule has 214 valence electrons. The van der Waals surface area contributed by atoms with Crippen LogP contribution in [0.2, 0.25) is 0 Å². The first-order valence-corrected chi connectivity index (χ1v) is 14.4. The summed E-state index contributed by atoms with van der Waals surface area (Å²) in [6, 6.07) is 17.2. The normalized spacial score (nSPS) is 20.9. The zero-order valence-corrected chi connectivity index (χ0v) is 24.0. The number of pyridine rings is 1. The highest BCUT2D eigenvalue weighted by atomic mass is 16.4. The Hall–Kier alpha value is -4.07. The van der Waals surface area contributed by atoms with Gasteiger partial charge in [-0.2, -0.15) is 0 Å². The largest absolute Gasteiger partial charge is 0.481 e. The van der Waals surface area contributed by atoms with Crippen LogP contribution in [0.1, 0.15) is 74.4 Å². The Morgan fingerprint density at radius 1 is 1.07 bits per heavy atom. The van der Waals surface area contributed by atoms with Gasteiger partial charge in [0.2, 0.25) is 0 Å². The number of fused-ring (bicyclic) bond motifs is 1. The van der Waals surface area contributed by atoms with Crippen LogP contribution in [0.3, 0.4) is 0 Å². The van der Waals surface area contributed by atoms with E-state index in [0.29, 0.717) is 30.2 Å². The minimum atomic E-state index is -0.953. The summed E-state index contributed by atoms with van der Waals surface area (Å²) in [6.07, 6.45) is 5.98. The second-order valence-electron chi connectivity index (χ2n) is 12.3. The number of aliphatic imine (C=N–C) groups is 1. The maximum atomic E-state index is 14.0. The number of carboxylic acids is 1. The van der Waals surface area contributed by atoms with E-state index < -0.39 is 11.6 Å². The Balaban J connectivity index is 1.34. The second kappa shape index (κ2) is 11.4. The number of nitrogens with zero attached hydrogens (tertiary/aromatic N) is 3. The van der Waals surface area contributed by atoms with E-state index >= 15 is 0 Å². The predicted molar refractivity (Wildman–Crippen MR) is 159 cm³/mol. The first-order valence-electron chi connectivity index (χ1n) is 14.4. The quantitative estimate of drug-likeness (QED) is 0.395.